The van der Waals surface area contributed by atoms with Gasteiger partial charge < -0.3 is 4.74 Å². The zero-order valence-corrected chi connectivity index (χ0v) is 26.2. The number of benzene rings is 1. The fraction of sp³-hybridized carbons (Fsp3) is 0.730. The molecule has 1 fully saturated rings. The molecule has 0 aliphatic heterocycles. The lowest BCUT2D eigenvalue weighted by atomic mass is 9.78. The molecule has 3 rings (SSSR count). The molecule has 40 heavy (non-hydrogen) atoms. The minimum absolute atomic E-state index is 0.806. The maximum Gasteiger partial charge on any atom is 0.159 e. The first-order valence-corrected chi connectivity index (χ1v) is 17.3. The zero-order valence-electron chi connectivity index (χ0n) is 26.2. The quantitative estimate of drug-likeness (QED) is 0.137. The molecule has 0 N–H and O–H groups in total. The SMILES string of the molecule is CCCCCCCCCCOc1ccc(-c2ncc(CC[C@H]3CC[C@H](CCCCCCCCC)CC3)cn2)cc1. The predicted octanol–water partition coefficient (Wildman–Crippen LogP) is 11.5. The highest BCUT2D eigenvalue weighted by Gasteiger charge is 2.20. The molecule has 0 radical (unpaired) electrons. The van der Waals surface area contributed by atoms with Gasteiger partial charge in [-0.2, -0.15) is 0 Å². The van der Waals surface area contributed by atoms with Gasteiger partial charge >= 0.3 is 0 Å². The second-order valence-corrected chi connectivity index (χ2v) is 12.6. The third-order valence-electron chi connectivity index (χ3n) is 9.11. The summed E-state index contributed by atoms with van der Waals surface area (Å²) < 4.78 is 5.96. The molecule has 0 saturated heterocycles. The summed E-state index contributed by atoms with van der Waals surface area (Å²) in [6.45, 7) is 5.38. The van der Waals surface area contributed by atoms with Crippen molar-refractivity contribution in [3.63, 3.8) is 0 Å². The van der Waals surface area contributed by atoms with Crippen molar-refractivity contribution in [1.82, 2.24) is 9.97 Å². The van der Waals surface area contributed by atoms with Crippen molar-refractivity contribution in [3.8, 4) is 17.1 Å². The van der Waals surface area contributed by atoms with Crippen LogP contribution < -0.4 is 4.74 Å². The highest BCUT2D eigenvalue weighted by atomic mass is 16.5. The maximum atomic E-state index is 5.96. The normalized spacial score (nSPS) is 17.2. The van der Waals surface area contributed by atoms with Crippen LogP contribution >= 0.6 is 0 Å². The van der Waals surface area contributed by atoms with Gasteiger partial charge in [-0.25, -0.2) is 9.97 Å². The smallest absolute Gasteiger partial charge is 0.159 e. The Kier molecular flexibility index (Phi) is 17.0. The summed E-state index contributed by atoms with van der Waals surface area (Å²) in [4.78, 5) is 9.38. The molecular weight excluding hydrogens is 488 g/mol. The third-order valence-corrected chi connectivity index (χ3v) is 9.11. The highest BCUT2D eigenvalue weighted by molar-refractivity contribution is 5.55. The molecule has 0 bridgehead atoms. The van der Waals surface area contributed by atoms with Crippen LogP contribution in [0, 0.1) is 11.8 Å². The number of aryl methyl sites for hydroxylation is 1. The molecule has 1 aliphatic carbocycles. The van der Waals surface area contributed by atoms with E-state index >= 15 is 0 Å². The van der Waals surface area contributed by atoms with E-state index in [1.165, 1.54) is 134 Å². The highest BCUT2D eigenvalue weighted by Crippen LogP contribution is 2.34. The topological polar surface area (TPSA) is 35.0 Å². The van der Waals surface area contributed by atoms with E-state index in [-0.39, 0.29) is 0 Å². The van der Waals surface area contributed by atoms with Gasteiger partial charge in [-0.15, -0.1) is 0 Å². The summed E-state index contributed by atoms with van der Waals surface area (Å²) in [5, 5.41) is 0. The molecule has 1 aromatic heterocycles. The van der Waals surface area contributed by atoms with E-state index in [1.54, 1.807) is 0 Å². The molecule has 2 aromatic rings. The minimum atomic E-state index is 0.806. The van der Waals surface area contributed by atoms with Crippen molar-refractivity contribution >= 4 is 0 Å². The van der Waals surface area contributed by atoms with Crippen molar-refractivity contribution in [2.45, 2.75) is 155 Å². The number of unbranched alkanes of at least 4 members (excludes halogenated alkanes) is 13. The number of hydrogen-bond acceptors (Lipinski definition) is 3. The molecular formula is C37H60N2O. The number of nitrogens with zero attached hydrogens (tertiary/aromatic N) is 2. The van der Waals surface area contributed by atoms with E-state index in [0.717, 1.165) is 48.4 Å². The lowest BCUT2D eigenvalue weighted by Gasteiger charge is -2.28. The molecule has 0 amide bonds. The Labute approximate surface area is 247 Å². The van der Waals surface area contributed by atoms with Crippen LogP contribution in [-0.4, -0.2) is 16.6 Å². The summed E-state index contributed by atoms with van der Waals surface area (Å²) in [5.41, 5.74) is 2.34. The first kappa shape index (κ1) is 32.6. The van der Waals surface area contributed by atoms with E-state index in [4.69, 9.17) is 14.7 Å². The zero-order chi connectivity index (χ0) is 28.1. The fourth-order valence-corrected chi connectivity index (χ4v) is 6.33. The Morgan fingerprint density at radius 1 is 0.600 bits per heavy atom. The van der Waals surface area contributed by atoms with E-state index in [2.05, 4.69) is 38.1 Å². The number of aromatic nitrogens is 2. The van der Waals surface area contributed by atoms with Gasteiger partial charge in [0.1, 0.15) is 5.75 Å². The van der Waals surface area contributed by atoms with Crippen molar-refractivity contribution in [2.75, 3.05) is 6.61 Å². The van der Waals surface area contributed by atoms with Gasteiger partial charge in [-0.3, -0.25) is 0 Å². The Bertz CT molecular complexity index is 855. The van der Waals surface area contributed by atoms with E-state index < -0.39 is 0 Å². The Hall–Kier alpha value is -1.90. The number of rotatable bonds is 22. The van der Waals surface area contributed by atoms with Crippen LogP contribution in [0.4, 0.5) is 0 Å². The molecule has 1 heterocycles. The van der Waals surface area contributed by atoms with Gasteiger partial charge in [0.2, 0.25) is 0 Å². The van der Waals surface area contributed by atoms with Gasteiger partial charge in [0.15, 0.2) is 5.82 Å². The second kappa shape index (κ2) is 20.9. The van der Waals surface area contributed by atoms with Crippen LogP contribution in [0.1, 0.15) is 154 Å². The van der Waals surface area contributed by atoms with Gasteiger partial charge in [-0.1, -0.05) is 136 Å². The maximum absolute atomic E-state index is 5.96. The lowest BCUT2D eigenvalue weighted by Crippen LogP contribution is -2.15. The van der Waals surface area contributed by atoms with Gasteiger partial charge in [0, 0.05) is 18.0 Å². The Morgan fingerprint density at radius 3 is 1.68 bits per heavy atom. The third kappa shape index (κ3) is 13.6. The first-order chi connectivity index (χ1) is 19.8. The fourth-order valence-electron chi connectivity index (χ4n) is 6.33. The van der Waals surface area contributed by atoms with Gasteiger partial charge in [-0.05, 0) is 60.9 Å². The molecule has 1 saturated carbocycles. The number of hydrogen-bond donors (Lipinski definition) is 0. The standard InChI is InChI=1S/C37H60N2O/c1-3-5-7-9-11-13-15-17-29-40-36-27-25-35(26-28-36)37-38-30-34(31-39-37)24-23-33-21-19-32(20-22-33)18-16-14-12-10-8-6-4-2/h25-28,30-33H,3-24,29H2,1-2H3/t32-,33-. The minimum Gasteiger partial charge on any atom is -0.494 e. The molecule has 3 nitrogen and oxygen atoms in total. The molecule has 0 atom stereocenters. The summed E-state index contributed by atoms with van der Waals surface area (Å²) in [6, 6.07) is 8.29. The van der Waals surface area contributed by atoms with E-state index in [0.29, 0.717) is 0 Å². The van der Waals surface area contributed by atoms with Crippen LogP contribution in [0.5, 0.6) is 5.75 Å². The van der Waals surface area contributed by atoms with Gasteiger partial charge in [0.05, 0.1) is 6.61 Å². The summed E-state index contributed by atoms with van der Waals surface area (Å²) in [7, 11) is 0. The molecule has 0 unspecified atom stereocenters. The molecule has 1 aromatic carbocycles. The number of ether oxygens (including phenoxy) is 1. The Balaban J connectivity index is 1.25. The van der Waals surface area contributed by atoms with Crippen molar-refractivity contribution in [3.05, 3.63) is 42.2 Å². The molecule has 0 spiro atoms. The second-order valence-electron chi connectivity index (χ2n) is 12.6. The first-order valence-electron chi connectivity index (χ1n) is 17.3. The van der Waals surface area contributed by atoms with Crippen LogP contribution in [0.2, 0.25) is 0 Å². The Morgan fingerprint density at radius 2 is 1.10 bits per heavy atom. The largest absolute Gasteiger partial charge is 0.494 e. The summed E-state index contributed by atoms with van der Waals surface area (Å²) in [5.74, 6) is 3.64. The average Bonchev–Trinajstić information content (AvgIpc) is 3.00. The van der Waals surface area contributed by atoms with Crippen molar-refractivity contribution < 1.29 is 4.74 Å². The van der Waals surface area contributed by atoms with Gasteiger partial charge in [0.25, 0.3) is 0 Å². The molecule has 1 aliphatic rings. The predicted molar refractivity (Wildman–Crippen MR) is 172 cm³/mol. The molecule has 3 heteroatoms. The molecule has 224 valence electrons. The average molecular weight is 549 g/mol. The summed E-state index contributed by atoms with van der Waals surface area (Å²) in [6.07, 6.45) is 34.3. The van der Waals surface area contributed by atoms with Crippen LogP contribution in [-0.2, 0) is 6.42 Å². The monoisotopic (exact) mass is 548 g/mol. The summed E-state index contributed by atoms with van der Waals surface area (Å²) >= 11 is 0. The van der Waals surface area contributed by atoms with Crippen LogP contribution in [0.25, 0.3) is 11.4 Å². The lowest BCUT2D eigenvalue weighted by molar-refractivity contribution is 0.248. The van der Waals surface area contributed by atoms with Crippen LogP contribution in [0.15, 0.2) is 36.7 Å². The van der Waals surface area contributed by atoms with E-state index in [9.17, 15) is 0 Å². The van der Waals surface area contributed by atoms with Crippen molar-refractivity contribution in [1.29, 1.82) is 0 Å². The van der Waals surface area contributed by atoms with Crippen molar-refractivity contribution in [2.24, 2.45) is 11.8 Å². The van der Waals surface area contributed by atoms with Crippen LogP contribution in [0.3, 0.4) is 0 Å². The van der Waals surface area contributed by atoms with E-state index in [1.807, 2.05) is 12.4 Å².